The predicted octanol–water partition coefficient (Wildman–Crippen LogP) is 4.56. The average Bonchev–Trinajstić information content (AvgIpc) is 2.64. The van der Waals surface area contributed by atoms with E-state index in [9.17, 15) is 10.1 Å². The first-order valence-corrected chi connectivity index (χ1v) is 12.3. The van der Waals surface area contributed by atoms with Crippen LogP contribution in [-0.4, -0.2) is 20.1 Å². The van der Waals surface area contributed by atoms with Gasteiger partial charge in [0.1, 0.15) is 11.6 Å². The van der Waals surface area contributed by atoms with Crippen molar-refractivity contribution < 1.29 is 4.79 Å². The summed E-state index contributed by atoms with van der Waals surface area (Å²) in [5.41, 5.74) is 3.16. The Morgan fingerprint density at radius 2 is 1.46 bits per heavy atom. The van der Waals surface area contributed by atoms with Crippen molar-refractivity contribution in [2.24, 2.45) is 0 Å². The van der Waals surface area contributed by atoms with Crippen molar-refractivity contribution >= 4 is 19.6 Å². The summed E-state index contributed by atoms with van der Waals surface area (Å²) in [5, 5.41) is 12.3. The first-order chi connectivity index (χ1) is 12.4. The van der Waals surface area contributed by atoms with E-state index in [0.29, 0.717) is 6.17 Å². The van der Waals surface area contributed by atoms with Gasteiger partial charge in [-0.25, -0.2) is 0 Å². The third-order valence-electron chi connectivity index (χ3n) is 3.73. The van der Waals surface area contributed by atoms with Crippen molar-refractivity contribution in [2.75, 3.05) is 6.17 Å². The minimum Gasteiger partial charge on any atom is -0.354 e. The predicted molar refractivity (Wildman–Crippen MR) is 110 cm³/mol. The van der Waals surface area contributed by atoms with Crippen LogP contribution in [0.25, 0.3) is 5.57 Å². The van der Waals surface area contributed by atoms with Crippen molar-refractivity contribution in [1.29, 1.82) is 5.26 Å². The van der Waals surface area contributed by atoms with E-state index in [2.05, 4.69) is 25.0 Å². The first kappa shape index (κ1) is 19.4. The number of nitriles is 1. The first-order valence-electron chi connectivity index (χ1n) is 8.62. The van der Waals surface area contributed by atoms with E-state index >= 15 is 0 Å². The average molecular weight is 361 g/mol. The number of benzene rings is 2. The van der Waals surface area contributed by atoms with Gasteiger partial charge in [0.2, 0.25) is 0 Å². The molecule has 1 N–H and O–H groups in total. The van der Waals surface area contributed by atoms with Gasteiger partial charge in [-0.2, -0.15) is 5.26 Å². The van der Waals surface area contributed by atoms with Gasteiger partial charge in [-0.05, 0) is 22.8 Å². The maximum absolute atomic E-state index is 12.3. The summed E-state index contributed by atoms with van der Waals surface area (Å²) < 4.78 is 0. The Morgan fingerprint density at radius 3 is 1.88 bits per heavy atom. The molecule has 0 bridgehead atoms. The number of carbonyl (C=O) groups is 1. The van der Waals surface area contributed by atoms with Gasteiger partial charge in [0, 0.05) is 6.17 Å². The smallest absolute Gasteiger partial charge is 0.261 e. The number of rotatable bonds is 6. The van der Waals surface area contributed by atoms with Crippen LogP contribution in [0.3, 0.4) is 0 Å². The number of allylic oxidation sites excluding steroid dienone is 2. The third-order valence-corrected chi connectivity index (χ3v) is 4.97. The Bertz CT molecular complexity index is 800. The van der Waals surface area contributed by atoms with E-state index in [1.807, 2.05) is 72.8 Å². The normalized spacial score (nSPS) is 11.4. The quantitative estimate of drug-likeness (QED) is 0.355. The molecule has 0 atom stereocenters. The number of hydrogen-bond acceptors (Lipinski definition) is 2. The Morgan fingerprint density at radius 1 is 0.962 bits per heavy atom. The van der Waals surface area contributed by atoms with Crippen LogP contribution in [0.5, 0.6) is 0 Å². The number of carbonyl (C=O) groups excluding carboxylic acids is 1. The fourth-order valence-electron chi connectivity index (χ4n) is 2.37. The van der Waals surface area contributed by atoms with Crippen molar-refractivity contribution in [3.8, 4) is 6.07 Å². The van der Waals surface area contributed by atoms with Gasteiger partial charge < -0.3 is 5.32 Å². The van der Waals surface area contributed by atoms with Crippen LogP contribution in [0.4, 0.5) is 0 Å². The lowest BCUT2D eigenvalue weighted by atomic mass is 9.97. The van der Waals surface area contributed by atoms with Crippen molar-refractivity contribution in [2.45, 2.75) is 19.6 Å². The molecule has 0 fully saturated rings. The zero-order chi connectivity index (χ0) is 19.0. The van der Waals surface area contributed by atoms with E-state index in [1.54, 1.807) is 6.08 Å². The van der Waals surface area contributed by atoms with E-state index in [4.69, 9.17) is 0 Å². The molecule has 26 heavy (non-hydrogen) atoms. The Labute approximate surface area is 156 Å². The summed E-state index contributed by atoms with van der Waals surface area (Å²) >= 11 is 0. The van der Waals surface area contributed by atoms with Crippen LogP contribution in [0.2, 0.25) is 19.6 Å². The van der Waals surface area contributed by atoms with Crippen LogP contribution >= 0.6 is 0 Å². The highest BCUT2D eigenvalue weighted by Gasteiger charge is 2.16. The van der Waals surface area contributed by atoms with Crippen LogP contribution in [0, 0.1) is 11.3 Å². The number of hydrogen-bond donors (Lipinski definition) is 1. The lowest BCUT2D eigenvalue weighted by Gasteiger charge is -2.16. The molecule has 0 saturated carbocycles. The highest BCUT2D eigenvalue weighted by molar-refractivity contribution is 6.76. The highest BCUT2D eigenvalue weighted by Crippen LogP contribution is 2.23. The maximum Gasteiger partial charge on any atom is 0.261 e. The molecule has 0 aliphatic carbocycles. The van der Waals surface area contributed by atoms with Crippen LogP contribution in [0.1, 0.15) is 11.1 Å². The van der Waals surface area contributed by atoms with E-state index in [1.165, 1.54) is 0 Å². The molecule has 2 aromatic carbocycles. The molecule has 0 unspecified atom stereocenters. The maximum atomic E-state index is 12.3. The SMILES string of the molecule is C[Si](C)(C)CNC(=O)/C(C#N)=C\C=C(c1ccccc1)c1ccccc1. The zero-order valence-corrected chi connectivity index (χ0v) is 16.5. The van der Waals surface area contributed by atoms with Crippen molar-refractivity contribution in [1.82, 2.24) is 5.32 Å². The number of nitrogens with zero attached hydrogens (tertiary/aromatic N) is 1. The molecule has 4 heteroatoms. The zero-order valence-electron chi connectivity index (χ0n) is 15.5. The third kappa shape index (κ3) is 5.87. The molecule has 0 radical (unpaired) electrons. The second-order valence-corrected chi connectivity index (χ2v) is 12.7. The summed E-state index contributed by atoms with van der Waals surface area (Å²) in [6, 6.07) is 21.9. The lowest BCUT2D eigenvalue weighted by molar-refractivity contribution is -0.116. The fourth-order valence-corrected chi connectivity index (χ4v) is 3.06. The molecule has 0 heterocycles. The minimum absolute atomic E-state index is 0.118. The molecule has 0 aromatic heterocycles. The van der Waals surface area contributed by atoms with Crippen molar-refractivity contribution in [3.05, 3.63) is 89.5 Å². The summed E-state index contributed by atoms with van der Waals surface area (Å²) in [6.45, 7) is 6.52. The van der Waals surface area contributed by atoms with Crippen LogP contribution in [-0.2, 0) is 4.79 Å². The molecular formula is C22H24N2OSi. The van der Waals surface area contributed by atoms with E-state index in [-0.39, 0.29) is 11.5 Å². The second kappa shape index (κ2) is 8.98. The van der Waals surface area contributed by atoms with Gasteiger partial charge in [-0.15, -0.1) is 0 Å². The van der Waals surface area contributed by atoms with Gasteiger partial charge in [0.05, 0.1) is 8.07 Å². The van der Waals surface area contributed by atoms with Crippen LogP contribution < -0.4 is 5.32 Å². The van der Waals surface area contributed by atoms with E-state index < -0.39 is 8.07 Å². The van der Waals surface area contributed by atoms with Gasteiger partial charge in [-0.3, -0.25) is 4.79 Å². The molecule has 2 rings (SSSR count). The molecule has 0 aliphatic rings. The fraction of sp³-hybridized carbons (Fsp3) is 0.182. The Hall–Kier alpha value is -2.90. The summed E-state index contributed by atoms with van der Waals surface area (Å²) in [5.74, 6) is -0.313. The topological polar surface area (TPSA) is 52.9 Å². The van der Waals surface area contributed by atoms with E-state index in [0.717, 1.165) is 16.7 Å². The molecule has 2 aromatic rings. The number of nitrogens with one attached hydrogen (secondary N) is 1. The Balaban J connectivity index is 2.35. The summed E-state index contributed by atoms with van der Waals surface area (Å²) in [7, 11) is -1.41. The lowest BCUT2D eigenvalue weighted by Crippen LogP contribution is -2.40. The molecule has 0 aliphatic heterocycles. The summed E-state index contributed by atoms with van der Waals surface area (Å²) in [4.78, 5) is 12.3. The minimum atomic E-state index is -1.41. The number of amides is 1. The van der Waals surface area contributed by atoms with Gasteiger partial charge in [0.15, 0.2) is 0 Å². The standard InChI is InChI=1S/C22H24N2OSi/c1-26(2,3)17-24-22(25)20(16-23)14-15-21(18-10-6-4-7-11-18)19-12-8-5-9-13-19/h4-15H,17H2,1-3H3,(H,24,25)/b20-14-. The van der Waals surface area contributed by atoms with Gasteiger partial charge in [0.25, 0.3) is 5.91 Å². The molecule has 132 valence electrons. The molecule has 0 spiro atoms. The molecule has 1 amide bonds. The largest absolute Gasteiger partial charge is 0.354 e. The second-order valence-electron chi connectivity index (χ2n) is 7.25. The van der Waals surface area contributed by atoms with Gasteiger partial charge >= 0.3 is 0 Å². The van der Waals surface area contributed by atoms with Crippen molar-refractivity contribution in [3.63, 3.8) is 0 Å². The molecule has 3 nitrogen and oxygen atoms in total. The Kier molecular flexibility index (Phi) is 6.71. The summed E-state index contributed by atoms with van der Waals surface area (Å²) in [6.07, 6.45) is 4.10. The van der Waals surface area contributed by atoms with Gasteiger partial charge in [-0.1, -0.05) is 86.4 Å². The molecular weight excluding hydrogens is 336 g/mol. The van der Waals surface area contributed by atoms with Crippen LogP contribution in [0.15, 0.2) is 78.4 Å². The monoisotopic (exact) mass is 360 g/mol. The highest BCUT2D eigenvalue weighted by atomic mass is 28.3. The molecule has 0 saturated heterocycles.